The fourth-order valence-electron chi connectivity index (χ4n) is 5.58. The van der Waals surface area contributed by atoms with Crippen molar-refractivity contribution in [2.75, 3.05) is 26.7 Å². The highest BCUT2D eigenvalue weighted by Gasteiger charge is 2.50. The number of likely N-dealkylation sites (tertiary alicyclic amines) is 1. The summed E-state index contributed by atoms with van der Waals surface area (Å²) in [7, 11) is 2.22. The van der Waals surface area contributed by atoms with Gasteiger partial charge in [0.15, 0.2) is 0 Å². The highest BCUT2D eigenvalue weighted by atomic mass is 19.3. The third kappa shape index (κ3) is 3.24. The van der Waals surface area contributed by atoms with Gasteiger partial charge >= 0.3 is 0 Å². The van der Waals surface area contributed by atoms with Crippen LogP contribution in [0.3, 0.4) is 0 Å². The lowest BCUT2D eigenvalue weighted by atomic mass is 9.84. The van der Waals surface area contributed by atoms with Crippen LogP contribution < -0.4 is 5.73 Å². The van der Waals surface area contributed by atoms with E-state index in [4.69, 9.17) is 5.73 Å². The van der Waals surface area contributed by atoms with Crippen LogP contribution in [-0.4, -0.2) is 60.5 Å². The predicted octanol–water partition coefficient (Wildman–Crippen LogP) is 2.94. The van der Waals surface area contributed by atoms with Gasteiger partial charge < -0.3 is 10.6 Å². The fourth-order valence-corrected chi connectivity index (χ4v) is 5.58. The molecule has 3 nitrogen and oxygen atoms in total. The van der Waals surface area contributed by atoms with Gasteiger partial charge in [-0.1, -0.05) is 25.7 Å². The van der Waals surface area contributed by atoms with Crippen molar-refractivity contribution in [1.29, 1.82) is 0 Å². The molecule has 4 fully saturated rings. The first-order chi connectivity index (χ1) is 11.5. The Morgan fingerprint density at radius 3 is 2.54 bits per heavy atom. The molecule has 0 amide bonds. The van der Waals surface area contributed by atoms with Gasteiger partial charge in [-0.05, 0) is 44.1 Å². The first-order valence-corrected chi connectivity index (χ1v) is 10.0. The molecule has 0 aromatic carbocycles. The van der Waals surface area contributed by atoms with Crippen molar-refractivity contribution in [3.8, 4) is 0 Å². The van der Waals surface area contributed by atoms with Crippen LogP contribution in [0.2, 0.25) is 0 Å². The first-order valence-electron chi connectivity index (χ1n) is 10.0. The molecule has 24 heavy (non-hydrogen) atoms. The molecule has 0 aromatic heterocycles. The fraction of sp³-hybridized carbons (Fsp3) is 1.00. The lowest BCUT2D eigenvalue weighted by Gasteiger charge is -2.51. The zero-order chi connectivity index (χ0) is 16.9. The predicted molar refractivity (Wildman–Crippen MR) is 92.1 cm³/mol. The summed E-state index contributed by atoms with van der Waals surface area (Å²) >= 11 is 0. The largest absolute Gasteiger partial charge is 0.321 e. The average Bonchev–Trinajstić information content (AvgIpc) is 3.03. The molecule has 2 N–H and O–H groups in total. The minimum absolute atomic E-state index is 0.0356. The SMILES string of the molecule is CN(CC1CC1C1CCCC1)C1CN([C@H]2CCCC(F)(F)[C@@H]2N)C1. The molecule has 1 saturated heterocycles. The third-order valence-electron chi connectivity index (χ3n) is 7.40. The molecule has 5 heteroatoms. The van der Waals surface area contributed by atoms with Crippen LogP contribution in [-0.2, 0) is 0 Å². The molecule has 4 atom stereocenters. The standard InChI is InChI=1S/C19H33F2N3/c1-23(10-14-9-16(14)13-5-2-3-6-13)15-11-24(12-15)17-7-4-8-19(20,21)18(17)22/h13-18H,2-12,22H2,1H3/t14?,16?,17-,18+/m0/s1. The smallest absolute Gasteiger partial charge is 0.264 e. The van der Waals surface area contributed by atoms with Crippen molar-refractivity contribution in [2.45, 2.75) is 75.4 Å². The van der Waals surface area contributed by atoms with Crippen molar-refractivity contribution < 1.29 is 8.78 Å². The lowest BCUT2D eigenvalue weighted by Crippen LogP contribution is -2.68. The Morgan fingerprint density at radius 1 is 1.12 bits per heavy atom. The second-order valence-corrected chi connectivity index (χ2v) is 9.00. The molecule has 0 aromatic rings. The van der Waals surface area contributed by atoms with Gasteiger partial charge in [0, 0.05) is 38.1 Å². The van der Waals surface area contributed by atoms with E-state index in [0.717, 1.165) is 37.3 Å². The second kappa shape index (κ2) is 6.48. The van der Waals surface area contributed by atoms with Gasteiger partial charge in [-0.3, -0.25) is 4.90 Å². The summed E-state index contributed by atoms with van der Waals surface area (Å²) in [6, 6.07) is -0.559. The monoisotopic (exact) mass is 341 g/mol. The molecule has 1 aliphatic heterocycles. The van der Waals surface area contributed by atoms with Crippen molar-refractivity contribution in [3.05, 3.63) is 0 Å². The number of likely N-dealkylation sites (N-methyl/N-ethyl adjacent to an activating group) is 1. The number of halogens is 2. The van der Waals surface area contributed by atoms with E-state index in [-0.39, 0.29) is 12.5 Å². The summed E-state index contributed by atoms with van der Waals surface area (Å²) in [5.74, 6) is 0.205. The molecule has 138 valence electrons. The number of nitrogens with two attached hydrogens (primary N) is 1. The second-order valence-electron chi connectivity index (χ2n) is 9.00. The molecular weight excluding hydrogens is 308 g/mol. The summed E-state index contributed by atoms with van der Waals surface area (Å²) in [6.07, 6.45) is 8.61. The van der Waals surface area contributed by atoms with Crippen molar-refractivity contribution in [2.24, 2.45) is 23.5 Å². The van der Waals surface area contributed by atoms with Crippen molar-refractivity contribution in [1.82, 2.24) is 9.80 Å². The first kappa shape index (κ1) is 17.2. The Morgan fingerprint density at radius 2 is 1.83 bits per heavy atom. The molecule has 2 unspecified atom stereocenters. The Bertz CT molecular complexity index is 446. The Balaban J connectivity index is 1.21. The van der Waals surface area contributed by atoms with Crippen molar-refractivity contribution >= 4 is 0 Å². The topological polar surface area (TPSA) is 32.5 Å². The van der Waals surface area contributed by atoms with Crippen LogP contribution >= 0.6 is 0 Å². The van der Waals surface area contributed by atoms with Crippen LogP contribution in [0.25, 0.3) is 0 Å². The van der Waals surface area contributed by atoms with Crippen LogP contribution in [0.15, 0.2) is 0 Å². The molecule has 3 saturated carbocycles. The van der Waals surface area contributed by atoms with Crippen molar-refractivity contribution in [3.63, 3.8) is 0 Å². The highest BCUT2D eigenvalue weighted by Crippen LogP contribution is 2.50. The van der Waals surface area contributed by atoms with Gasteiger partial charge in [0.1, 0.15) is 0 Å². The van der Waals surface area contributed by atoms with Crippen LogP contribution in [0, 0.1) is 17.8 Å². The molecule has 4 aliphatic rings. The van der Waals surface area contributed by atoms with Gasteiger partial charge in [0.25, 0.3) is 5.92 Å². The number of hydrogen-bond acceptors (Lipinski definition) is 3. The number of rotatable bonds is 5. The molecule has 1 heterocycles. The molecule has 0 bridgehead atoms. The Hall–Kier alpha value is -0.260. The quantitative estimate of drug-likeness (QED) is 0.834. The molecule has 0 radical (unpaired) electrons. The Kier molecular flexibility index (Phi) is 4.63. The van der Waals surface area contributed by atoms with Crippen LogP contribution in [0.4, 0.5) is 8.78 Å². The number of nitrogens with zero attached hydrogens (tertiary/aromatic N) is 2. The van der Waals surface area contributed by atoms with Crippen LogP contribution in [0.5, 0.6) is 0 Å². The summed E-state index contributed by atoms with van der Waals surface area (Å²) in [5.41, 5.74) is 5.86. The van der Waals surface area contributed by atoms with E-state index in [9.17, 15) is 8.78 Å². The molecule has 4 rings (SSSR count). The van der Waals surface area contributed by atoms with E-state index in [1.54, 1.807) is 0 Å². The maximum atomic E-state index is 13.8. The zero-order valence-corrected chi connectivity index (χ0v) is 15.0. The summed E-state index contributed by atoms with van der Waals surface area (Å²) in [5, 5.41) is 0. The maximum Gasteiger partial charge on any atom is 0.264 e. The molecule has 3 aliphatic carbocycles. The van der Waals surface area contributed by atoms with Crippen LogP contribution in [0.1, 0.15) is 51.4 Å². The van der Waals surface area contributed by atoms with Gasteiger partial charge in [-0.2, -0.15) is 0 Å². The van der Waals surface area contributed by atoms with E-state index in [0.29, 0.717) is 12.5 Å². The minimum atomic E-state index is -2.68. The van der Waals surface area contributed by atoms with E-state index < -0.39 is 12.0 Å². The van der Waals surface area contributed by atoms with E-state index in [2.05, 4.69) is 16.8 Å². The van der Waals surface area contributed by atoms with E-state index in [1.807, 2.05) is 0 Å². The highest BCUT2D eigenvalue weighted by molar-refractivity contribution is 5.02. The van der Waals surface area contributed by atoms with Gasteiger partial charge in [0.2, 0.25) is 0 Å². The van der Waals surface area contributed by atoms with E-state index >= 15 is 0 Å². The number of alkyl halides is 2. The average molecular weight is 341 g/mol. The van der Waals surface area contributed by atoms with E-state index in [1.165, 1.54) is 38.6 Å². The Labute approximate surface area is 144 Å². The zero-order valence-electron chi connectivity index (χ0n) is 15.0. The maximum absolute atomic E-state index is 13.8. The summed E-state index contributed by atoms with van der Waals surface area (Å²) in [4.78, 5) is 4.70. The normalized spacial score (nSPS) is 40.9. The summed E-state index contributed by atoms with van der Waals surface area (Å²) < 4.78 is 27.7. The lowest BCUT2D eigenvalue weighted by molar-refractivity contribution is -0.103. The third-order valence-corrected chi connectivity index (χ3v) is 7.40. The molecule has 0 spiro atoms. The summed E-state index contributed by atoms with van der Waals surface area (Å²) in [6.45, 7) is 3.05. The van der Waals surface area contributed by atoms with Gasteiger partial charge in [-0.25, -0.2) is 8.78 Å². The van der Waals surface area contributed by atoms with Gasteiger partial charge in [0.05, 0.1) is 6.04 Å². The molecular formula is C19H33F2N3. The van der Waals surface area contributed by atoms with Gasteiger partial charge in [-0.15, -0.1) is 0 Å². The number of hydrogen-bond donors (Lipinski definition) is 1. The minimum Gasteiger partial charge on any atom is -0.321 e.